The summed E-state index contributed by atoms with van der Waals surface area (Å²) in [5, 5.41) is 265. The molecule has 0 aromatic heterocycles. The van der Waals surface area contributed by atoms with E-state index >= 15 is 0 Å². The zero-order valence-electron chi connectivity index (χ0n) is 46.5. The van der Waals surface area contributed by atoms with Gasteiger partial charge >= 0.3 is 0 Å². The van der Waals surface area contributed by atoms with Crippen molar-refractivity contribution in [1.29, 1.82) is 0 Å². The van der Waals surface area contributed by atoms with Crippen molar-refractivity contribution in [1.82, 2.24) is 0 Å². The molecule has 30 heterocycles. The molecule has 41 heteroatoms. The predicted molar refractivity (Wildman–Crippen MR) is 261 cm³/mol. The average molecular weight is 1390 g/mol. The van der Waals surface area contributed by atoms with E-state index in [2.05, 4.69) is 0 Å². The Morgan fingerprint density at radius 2 is 0.236 bits per heavy atom. The van der Waals surface area contributed by atoms with Crippen molar-refractivity contribution < 1.29 is 225 Å². The molecule has 16 bridgehead atoms. The van der Waals surface area contributed by atoms with Gasteiger partial charge in [0.05, 0.1) is 52.9 Å². The van der Waals surface area contributed by atoms with Gasteiger partial charge in [0, 0.05) is 26.2 Å². The minimum atomic E-state index is -2.25. The number of aliphatic hydroxyl groups is 24. The second kappa shape index (κ2) is 31.7. The molecule has 40 atom stereocenters. The number of hydrogen-bond donors (Lipinski definition) is 24. The summed E-state index contributed by atoms with van der Waals surface area (Å²) in [5.74, 6) is 0. The van der Waals surface area contributed by atoms with Gasteiger partial charge in [0.2, 0.25) is 0 Å². The molecule has 516 valence electrons. The Morgan fingerprint density at radius 1 is 0.146 bits per heavy atom. The fourth-order valence-electron chi connectivity index (χ4n) is 11.9. The zero-order chi connectivity index (χ0) is 64.1. The van der Waals surface area contributed by atoms with Gasteiger partial charge in [0.1, 0.15) is 195 Å². The molecule has 40 nitrogen and oxygen atoms in total. The molecule has 30 rings (SSSR count). The van der Waals surface area contributed by atoms with E-state index in [0.717, 1.165) is 0 Å². The molecule has 30 aliphatic rings. The van der Waals surface area contributed by atoms with E-state index in [9.17, 15) is 123 Å². The molecule has 0 unspecified atom stereocenters. The standard InChI is InChI=1S/C48H80O40.Zr/c49-1-9-33-17(57)25(65)41(73-9)82-34-10(2-50)75-43(27(67)19(34)59)84-36-12(4-52)77-45(29(69)21(36)61)86-38-14(6-54)79-47(31(71)23(38)63)88-40-16(8-56)80-48(32(72)24(40)64)87-39-15(7-55)78-46(30(70)22(39)62)85-37-13(5-53)76-44(28(68)20(37)60)83-35-11(3-51)74-42(81-33)26(66)18(35)58;/h9-72H,1-8H2;/t9-,10-,11-,12-,13-,14-,15-,16-,17-,18-,19-,20-,21-,22-,23-,24-,25-,26-,27-,28-,29-,30-,31-,32-,33-,34-,35-,36-,37-,38-,39-,40-,41-,42-,43-,44-,45-,46-,47-,48-;/m1./s1. The van der Waals surface area contributed by atoms with Crippen LogP contribution in [0.5, 0.6) is 0 Å². The Bertz CT molecular complexity index is 1710. The molecule has 89 heavy (non-hydrogen) atoms. The third-order valence-electron chi connectivity index (χ3n) is 16.9. The van der Waals surface area contributed by atoms with Gasteiger partial charge in [-0.15, -0.1) is 0 Å². The zero-order valence-corrected chi connectivity index (χ0v) is 49.0. The van der Waals surface area contributed by atoms with Gasteiger partial charge in [-0.25, -0.2) is 0 Å². The fourth-order valence-corrected chi connectivity index (χ4v) is 11.9. The van der Waals surface area contributed by atoms with Crippen LogP contribution in [0.2, 0.25) is 0 Å². The van der Waals surface area contributed by atoms with Crippen LogP contribution in [0.1, 0.15) is 0 Å². The summed E-state index contributed by atoms with van der Waals surface area (Å²) in [4.78, 5) is 0. The quantitative estimate of drug-likeness (QED) is 0.107. The molecule has 24 N–H and O–H groups in total. The van der Waals surface area contributed by atoms with Crippen LogP contribution in [0.25, 0.3) is 0 Å². The van der Waals surface area contributed by atoms with Gasteiger partial charge in [0.15, 0.2) is 50.3 Å². The van der Waals surface area contributed by atoms with Gasteiger partial charge in [-0.2, -0.15) is 0 Å². The molecule has 0 spiro atoms. The Kier molecular flexibility index (Phi) is 26.3. The van der Waals surface area contributed by atoms with Gasteiger partial charge in [-0.3, -0.25) is 0 Å². The van der Waals surface area contributed by atoms with Gasteiger partial charge in [-0.05, 0) is 0 Å². The van der Waals surface area contributed by atoms with E-state index in [0.29, 0.717) is 0 Å². The summed E-state index contributed by atoms with van der Waals surface area (Å²) in [6, 6.07) is 0. The minimum Gasteiger partial charge on any atom is -0.394 e. The van der Waals surface area contributed by atoms with Crippen LogP contribution >= 0.6 is 0 Å². The Balaban J connectivity index is 0.0000102. The Labute approximate surface area is 521 Å². The van der Waals surface area contributed by atoms with Crippen molar-refractivity contribution in [3.05, 3.63) is 0 Å². The van der Waals surface area contributed by atoms with Crippen LogP contribution in [-0.2, 0) is 102 Å². The molecule has 0 saturated carbocycles. The molecule has 0 amide bonds. The van der Waals surface area contributed by atoms with Crippen LogP contribution in [0, 0.1) is 0 Å². The molecule has 30 saturated heterocycles. The first-order chi connectivity index (χ1) is 41.9. The third kappa shape index (κ3) is 14.8. The first-order valence-corrected chi connectivity index (χ1v) is 28.1. The summed E-state index contributed by atoms with van der Waals surface area (Å²) in [6.45, 7) is -8.64. The van der Waals surface area contributed by atoms with Crippen molar-refractivity contribution >= 4 is 0 Å². The van der Waals surface area contributed by atoms with Crippen molar-refractivity contribution in [3.63, 3.8) is 0 Å². The molecule has 30 fully saturated rings. The summed E-state index contributed by atoms with van der Waals surface area (Å²) in [5.41, 5.74) is 0. The van der Waals surface area contributed by atoms with Crippen LogP contribution < -0.4 is 0 Å². The number of ether oxygens (including phenoxy) is 16. The van der Waals surface area contributed by atoms with Crippen LogP contribution in [0.15, 0.2) is 0 Å². The molecule has 0 aromatic carbocycles. The van der Waals surface area contributed by atoms with E-state index in [1.807, 2.05) is 0 Å². The Hall–Kier alpha value is -0.717. The average Bonchev–Trinajstić information content (AvgIpc) is 1.09. The Morgan fingerprint density at radius 3 is 0.315 bits per heavy atom. The first-order valence-electron chi connectivity index (χ1n) is 28.1. The van der Waals surface area contributed by atoms with E-state index in [1.54, 1.807) is 0 Å². The number of rotatable bonds is 8. The van der Waals surface area contributed by atoms with Gasteiger partial charge in [0.25, 0.3) is 0 Å². The van der Waals surface area contributed by atoms with E-state index in [-0.39, 0.29) is 26.2 Å². The second-order valence-corrected chi connectivity index (χ2v) is 22.5. The van der Waals surface area contributed by atoms with E-state index in [1.165, 1.54) is 0 Å². The maximum absolute atomic E-state index is 11.4. The summed E-state index contributed by atoms with van der Waals surface area (Å²) in [6.07, 6.45) is -82.0. The van der Waals surface area contributed by atoms with Crippen LogP contribution in [0.3, 0.4) is 0 Å². The molecule has 30 aliphatic heterocycles. The topological polar surface area (TPSA) is 633 Å². The maximum Gasteiger partial charge on any atom is 0.187 e. The summed E-state index contributed by atoms with van der Waals surface area (Å²) >= 11 is 0. The smallest absolute Gasteiger partial charge is 0.187 e. The van der Waals surface area contributed by atoms with Crippen LogP contribution in [0.4, 0.5) is 0 Å². The summed E-state index contributed by atoms with van der Waals surface area (Å²) in [7, 11) is 0. The first kappa shape index (κ1) is 74.1. The van der Waals surface area contributed by atoms with Gasteiger partial charge in [-0.1, -0.05) is 0 Å². The van der Waals surface area contributed by atoms with Crippen molar-refractivity contribution in [2.45, 2.75) is 246 Å². The molecular weight excluding hydrogens is 1310 g/mol. The fraction of sp³-hybridized carbons (Fsp3) is 1.00. The minimum absolute atomic E-state index is 0. The van der Waals surface area contributed by atoms with Crippen molar-refractivity contribution in [2.75, 3.05) is 52.9 Å². The van der Waals surface area contributed by atoms with Crippen molar-refractivity contribution in [2.24, 2.45) is 0 Å². The van der Waals surface area contributed by atoms with E-state index in [4.69, 9.17) is 75.8 Å². The largest absolute Gasteiger partial charge is 0.394 e. The molecule has 0 aromatic rings. The second-order valence-electron chi connectivity index (χ2n) is 22.5. The monoisotopic (exact) mass is 1390 g/mol. The number of hydrogen-bond acceptors (Lipinski definition) is 40. The SMILES string of the molecule is OC[C@H]1O[C@@H]2O[C@H]3[C@H](O)[C@@H](O)[C@@H](O[C@H]4[C@H](O)[C@@H](O)[C@@H](O[C@H]5[C@H](O)[C@@H](O)[C@@H](O[C@H]6[C@H](O)[C@@H](O)[C@@H](O[C@H]7[C@H](O)[C@@H](O)[C@@H](O[C@H]8[C@H](O)[C@@H](O)[C@@H](O[C@H]9[C@H](O)[C@@H](O)[C@@H](O[C@H]1[C@H](O)[C@H]2O)O[C@@H]9CO)O[C@@H]8CO)O[C@@H]7CO)O[C@@H]6CO)O[C@@H]5CO)O[C@@H]4CO)O[C@@H]3CO.[Zr]. The van der Waals surface area contributed by atoms with Crippen LogP contribution in [-0.4, -0.2) is 421 Å². The third-order valence-corrected chi connectivity index (χ3v) is 16.9. The van der Waals surface area contributed by atoms with E-state index < -0.39 is 299 Å². The number of aliphatic hydroxyl groups excluding tert-OH is 24. The maximum atomic E-state index is 11.4. The van der Waals surface area contributed by atoms with Crippen molar-refractivity contribution in [3.8, 4) is 0 Å². The molecular formula is C48H80O40Zr. The predicted octanol–water partition coefficient (Wildman–Crippen LogP) is -17.4. The summed E-state index contributed by atoms with van der Waals surface area (Å²) < 4.78 is 91.1. The normalized spacial score (nSPS) is 54.7. The van der Waals surface area contributed by atoms with Gasteiger partial charge < -0.3 is 198 Å². The molecule has 0 radical (unpaired) electrons. The molecule has 0 aliphatic carbocycles.